The standard InChI is InChI=1S/C25H19N5O3/c1-16(33-23-12-5-2-8-17(23)15-26)24(31)29-30-25(32)19-14-22(21-11-6-7-13-27-21)28-20-10-4-3-9-18(19)20/h2-14,16H,1H3,(H,29,31)(H,30,32). The molecule has 8 heteroatoms. The summed E-state index contributed by atoms with van der Waals surface area (Å²) in [4.78, 5) is 34.4. The number of aromatic nitrogens is 2. The van der Waals surface area contributed by atoms with Crippen molar-refractivity contribution in [2.45, 2.75) is 13.0 Å². The Morgan fingerprint density at radius 3 is 2.52 bits per heavy atom. The van der Waals surface area contributed by atoms with Gasteiger partial charge in [0.2, 0.25) is 0 Å². The first-order chi connectivity index (χ1) is 16.1. The van der Waals surface area contributed by atoms with Gasteiger partial charge in [-0.1, -0.05) is 36.4 Å². The molecule has 2 amide bonds. The molecule has 1 unspecified atom stereocenters. The first-order valence-electron chi connectivity index (χ1n) is 10.1. The van der Waals surface area contributed by atoms with Crippen LogP contribution in [-0.4, -0.2) is 27.9 Å². The molecule has 0 radical (unpaired) electrons. The highest BCUT2D eigenvalue weighted by Gasteiger charge is 2.19. The van der Waals surface area contributed by atoms with Crippen molar-refractivity contribution in [1.82, 2.24) is 20.8 Å². The highest BCUT2D eigenvalue weighted by atomic mass is 16.5. The molecular formula is C25H19N5O3. The summed E-state index contributed by atoms with van der Waals surface area (Å²) in [5, 5.41) is 9.80. The Labute approximate surface area is 189 Å². The normalized spacial score (nSPS) is 11.3. The Kier molecular flexibility index (Phi) is 6.23. The fourth-order valence-corrected chi connectivity index (χ4v) is 3.20. The summed E-state index contributed by atoms with van der Waals surface area (Å²) in [6.45, 7) is 1.52. The van der Waals surface area contributed by atoms with Crippen molar-refractivity contribution >= 4 is 22.7 Å². The van der Waals surface area contributed by atoms with Gasteiger partial charge in [0.15, 0.2) is 6.10 Å². The molecule has 0 aliphatic heterocycles. The molecule has 162 valence electrons. The van der Waals surface area contributed by atoms with E-state index in [-0.39, 0.29) is 5.75 Å². The smallest absolute Gasteiger partial charge is 0.279 e. The number of ether oxygens (including phenoxy) is 1. The van der Waals surface area contributed by atoms with Gasteiger partial charge in [-0.05, 0) is 43.3 Å². The first-order valence-corrected chi connectivity index (χ1v) is 10.1. The highest BCUT2D eigenvalue weighted by Crippen LogP contribution is 2.23. The topological polar surface area (TPSA) is 117 Å². The second-order valence-corrected chi connectivity index (χ2v) is 7.10. The van der Waals surface area contributed by atoms with E-state index in [9.17, 15) is 9.59 Å². The molecule has 2 heterocycles. The number of carbonyl (C=O) groups excluding carboxylic acids is 2. The molecule has 4 rings (SSSR count). The van der Waals surface area contributed by atoms with Crippen LogP contribution in [0.4, 0.5) is 0 Å². The van der Waals surface area contributed by atoms with Crippen LogP contribution in [0.15, 0.2) is 79.0 Å². The highest BCUT2D eigenvalue weighted by molar-refractivity contribution is 6.07. The number of rotatable bonds is 5. The summed E-state index contributed by atoms with van der Waals surface area (Å²) in [6.07, 6.45) is 0.705. The average molecular weight is 437 g/mol. The number of hydrazine groups is 1. The van der Waals surface area contributed by atoms with E-state index in [0.717, 1.165) is 0 Å². The third kappa shape index (κ3) is 4.78. The average Bonchev–Trinajstić information content (AvgIpc) is 2.87. The minimum absolute atomic E-state index is 0.286. The van der Waals surface area contributed by atoms with E-state index in [4.69, 9.17) is 10.00 Å². The number of benzene rings is 2. The maximum Gasteiger partial charge on any atom is 0.279 e. The van der Waals surface area contributed by atoms with Gasteiger partial charge in [-0.15, -0.1) is 0 Å². The van der Waals surface area contributed by atoms with Gasteiger partial charge in [0.05, 0.1) is 28.0 Å². The van der Waals surface area contributed by atoms with Gasteiger partial charge in [-0.2, -0.15) is 5.26 Å². The predicted octanol–water partition coefficient (Wildman–Crippen LogP) is 3.40. The Hall–Kier alpha value is -4.77. The van der Waals surface area contributed by atoms with E-state index >= 15 is 0 Å². The summed E-state index contributed by atoms with van der Waals surface area (Å²) in [5.74, 6) is -0.794. The third-order valence-electron chi connectivity index (χ3n) is 4.87. The Morgan fingerprint density at radius 2 is 1.73 bits per heavy atom. The van der Waals surface area contributed by atoms with Crippen molar-refractivity contribution < 1.29 is 14.3 Å². The number of nitrogens with one attached hydrogen (secondary N) is 2. The van der Waals surface area contributed by atoms with Crippen LogP contribution in [0.2, 0.25) is 0 Å². The molecular weight excluding hydrogens is 418 g/mol. The number of hydrogen-bond donors (Lipinski definition) is 2. The predicted molar refractivity (Wildman–Crippen MR) is 122 cm³/mol. The fourth-order valence-electron chi connectivity index (χ4n) is 3.20. The summed E-state index contributed by atoms with van der Waals surface area (Å²) in [7, 11) is 0. The molecule has 0 spiro atoms. The van der Waals surface area contributed by atoms with Gasteiger partial charge in [-0.3, -0.25) is 25.4 Å². The molecule has 0 aliphatic rings. The zero-order valence-corrected chi connectivity index (χ0v) is 17.6. The van der Waals surface area contributed by atoms with Crippen molar-refractivity contribution in [3.63, 3.8) is 0 Å². The summed E-state index contributed by atoms with van der Waals surface area (Å²) >= 11 is 0. The third-order valence-corrected chi connectivity index (χ3v) is 4.87. The Morgan fingerprint density at radius 1 is 0.970 bits per heavy atom. The number of pyridine rings is 2. The quantitative estimate of drug-likeness (QED) is 0.462. The van der Waals surface area contributed by atoms with Crippen molar-refractivity contribution in [1.29, 1.82) is 5.26 Å². The largest absolute Gasteiger partial charge is 0.479 e. The van der Waals surface area contributed by atoms with Crippen LogP contribution in [0.1, 0.15) is 22.8 Å². The van der Waals surface area contributed by atoms with Gasteiger partial charge >= 0.3 is 0 Å². The SMILES string of the molecule is CC(Oc1ccccc1C#N)C(=O)NNC(=O)c1cc(-c2ccccn2)nc2ccccc12. The van der Waals surface area contributed by atoms with Gasteiger partial charge in [0.25, 0.3) is 11.8 Å². The molecule has 4 aromatic rings. The number of nitriles is 1. The Balaban J connectivity index is 1.52. The lowest BCUT2D eigenvalue weighted by Gasteiger charge is -2.16. The summed E-state index contributed by atoms with van der Waals surface area (Å²) < 4.78 is 5.58. The number of amides is 2. The van der Waals surface area contributed by atoms with Crippen LogP contribution < -0.4 is 15.6 Å². The van der Waals surface area contributed by atoms with Gasteiger partial charge in [0.1, 0.15) is 11.8 Å². The van der Waals surface area contributed by atoms with Crippen LogP contribution >= 0.6 is 0 Å². The van der Waals surface area contributed by atoms with Crippen LogP contribution in [-0.2, 0) is 4.79 Å². The van der Waals surface area contributed by atoms with Gasteiger partial charge < -0.3 is 4.74 Å². The number of fused-ring (bicyclic) bond motifs is 1. The molecule has 33 heavy (non-hydrogen) atoms. The minimum atomic E-state index is -0.946. The Bertz CT molecular complexity index is 1370. The number of carbonyl (C=O) groups is 2. The molecule has 1 atom stereocenters. The minimum Gasteiger partial charge on any atom is -0.479 e. The molecule has 2 N–H and O–H groups in total. The molecule has 0 aliphatic carbocycles. The van der Waals surface area contributed by atoms with Gasteiger partial charge in [-0.25, -0.2) is 4.98 Å². The van der Waals surface area contributed by atoms with Gasteiger partial charge in [0, 0.05) is 11.6 Å². The van der Waals surface area contributed by atoms with Crippen molar-refractivity contribution in [2.75, 3.05) is 0 Å². The zero-order valence-electron chi connectivity index (χ0n) is 17.6. The lowest BCUT2D eigenvalue weighted by Crippen LogP contribution is -2.47. The molecule has 2 aromatic heterocycles. The molecule has 2 aromatic carbocycles. The fraction of sp³-hybridized carbons (Fsp3) is 0.0800. The maximum absolute atomic E-state index is 13.0. The zero-order chi connectivity index (χ0) is 23.2. The first kappa shape index (κ1) is 21.5. The van der Waals surface area contributed by atoms with Crippen molar-refractivity contribution in [3.8, 4) is 23.2 Å². The molecule has 0 saturated heterocycles. The van der Waals surface area contributed by atoms with E-state index in [1.807, 2.05) is 24.3 Å². The maximum atomic E-state index is 13.0. The van der Waals surface area contributed by atoms with E-state index in [0.29, 0.717) is 33.4 Å². The summed E-state index contributed by atoms with van der Waals surface area (Å²) in [6, 6.07) is 22.9. The molecule has 0 saturated carbocycles. The van der Waals surface area contributed by atoms with E-state index < -0.39 is 17.9 Å². The van der Waals surface area contributed by atoms with Crippen molar-refractivity contribution in [3.05, 3.63) is 90.1 Å². The lowest BCUT2D eigenvalue weighted by atomic mass is 10.1. The van der Waals surface area contributed by atoms with E-state index in [1.165, 1.54) is 6.92 Å². The second-order valence-electron chi connectivity index (χ2n) is 7.10. The number of para-hydroxylation sites is 2. The summed E-state index contributed by atoms with van der Waals surface area (Å²) in [5.41, 5.74) is 7.25. The number of hydrogen-bond acceptors (Lipinski definition) is 6. The monoisotopic (exact) mass is 437 g/mol. The van der Waals surface area contributed by atoms with E-state index in [2.05, 4.69) is 20.8 Å². The second kappa shape index (κ2) is 9.58. The molecule has 0 fully saturated rings. The van der Waals surface area contributed by atoms with Crippen LogP contribution in [0.25, 0.3) is 22.3 Å². The van der Waals surface area contributed by atoms with Crippen LogP contribution in [0.3, 0.4) is 0 Å². The van der Waals surface area contributed by atoms with Crippen LogP contribution in [0, 0.1) is 11.3 Å². The number of nitrogens with zero attached hydrogens (tertiary/aromatic N) is 3. The van der Waals surface area contributed by atoms with Crippen LogP contribution in [0.5, 0.6) is 5.75 Å². The lowest BCUT2D eigenvalue weighted by molar-refractivity contribution is -0.128. The molecule has 8 nitrogen and oxygen atoms in total. The molecule has 0 bridgehead atoms. The van der Waals surface area contributed by atoms with E-state index in [1.54, 1.807) is 60.8 Å². The van der Waals surface area contributed by atoms with Crippen molar-refractivity contribution in [2.24, 2.45) is 0 Å².